The van der Waals surface area contributed by atoms with Gasteiger partial charge in [-0.2, -0.15) is 0 Å². The number of carbonyl (C=O) groups is 2. The SMILES string of the molecule is CC1CCCC(c2ccc(-c3ccc(Sc4ccc(SC5=CC=CC=CC5)c5c4C(=O)c4cccc(SC6=CC=CC(c7ccc(C8CCC(C)CC8)cc7)C=C6)c4C5=O)cc3)cc2)CC1. The van der Waals surface area contributed by atoms with Crippen molar-refractivity contribution in [2.24, 2.45) is 11.8 Å². The first kappa shape index (κ1) is 44.7. The summed E-state index contributed by atoms with van der Waals surface area (Å²) in [4.78, 5) is 35.7. The summed E-state index contributed by atoms with van der Waals surface area (Å²) >= 11 is 4.71. The fourth-order valence-corrected chi connectivity index (χ4v) is 13.5. The van der Waals surface area contributed by atoms with E-state index in [1.54, 1.807) is 35.3 Å². The third-order valence-corrected chi connectivity index (χ3v) is 17.7. The molecule has 0 amide bonds. The van der Waals surface area contributed by atoms with E-state index in [0.29, 0.717) is 34.1 Å². The first-order chi connectivity index (χ1) is 32.3. The zero-order valence-corrected chi connectivity index (χ0v) is 40.5. The number of allylic oxidation sites excluding steroid dienone is 11. The maximum absolute atomic E-state index is 15.2. The van der Waals surface area contributed by atoms with Gasteiger partial charge < -0.3 is 0 Å². The van der Waals surface area contributed by atoms with Gasteiger partial charge in [-0.1, -0.05) is 209 Å². The van der Waals surface area contributed by atoms with Crippen molar-refractivity contribution in [2.45, 2.75) is 115 Å². The first-order valence-corrected chi connectivity index (χ1v) is 26.6. The van der Waals surface area contributed by atoms with Gasteiger partial charge in [0.05, 0.1) is 0 Å². The molecule has 3 unspecified atom stereocenters. The second-order valence-corrected chi connectivity index (χ2v) is 22.4. The molecule has 0 N–H and O–H groups in total. The van der Waals surface area contributed by atoms with Crippen LogP contribution in [-0.4, -0.2) is 11.6 Å². The summed E-state index contributed by atoms with van der Waals surface area (Å²) in [6.07, 6.45) is 33.8. The second kappa shape index (κ2) is 20.4. The number of carbonyl (C=O) groups excluding carboxylic acids is 2. The van der Waals surface area contributed by atoms with Gasteiger partial charge in [0.1, 0.15) is 0 Å². The van der Waals surface area contributed by atoms with Crippen LogP contribution in [0.5, 0.6) is 0 Å². The summed E-state index contributed by atoms with van der Waals surface area (Å²) in [5, 5.41) is 0. The van der Waals surface area contributed by atoms with Crippen molar-refractivity contribution in [1.82, 2.24) is 0 Å². The molecule has 10 rings (SSSR count). The molecule has 5 aliphatic rings. The van der Waals surface area contributed by atoms with E-state index in [-0.39, 0.29) is 17.5 Å². The number of fused-ring (bicyclic) bond motifs is 2. The van der Waals surface area contributed by atoms with Crippen LogP contribution in [-0.2, 0) is 0 Å². The lowest BCUT2D eigenvalue weighted by atomic mass is 9.79. The Hall–Kier alpha value is -5.07. The van der Waals surface area contributed by atoms with E-state index in [1.165, 1.54) is 85.6 Å². The average molecular weight is 919 g/mol. The Labute approximate surface area is 404 Å². The zero-order valence-electron chi connectivity index (χ0n) is 38.1. The van der Waals surface area contributed by atoms with Gasteiger partial charge >= 0.3 is 0 Å². The molecule has 5 aromatic carbocycles. The molecule has 0 radical (unpaired) electrons. The van der Waals surface area contributed by atoms with Crippen LogP contribution in [0.15, 0.2) is 193 Å². The second-order valence-electron chi connectivity index (χ2n) is 19.0. The molecule has 3 atom stereocenters. The molecule has 2 saturated carbocycles. The Bertz CT molecular complexity index is 2790. The molecule has 0 bridgehead atoms. The lowest BCUT2D eigenvalue weighted by molar-refractivity contribution is 0.0972. The highest BCUT2D eigenvalue weighted by Gasteiger charge is 2.36. The Morgan fingerprint density at radius 1 is 0.485 bits per heavy atom. The molecule has 0 saturated heterocycles. The van der Waals surface area contributed by atoms with E-state index in [0.717, 1.165) is 47.6 Å². The molecule has 0 aliphatic heterocycles. The number of hydrogen-bond donors (Lipinski definition) is 0. The van der Waals surface area contributed by atoms with E-state index < -0.39 is 0 Å². The van der Waals surface area contributed by atoms with Crippen LogP contribution in [0.1, 0.15) is 144 Å². The molecule has 2 nitrogen and oxygen atoms in total. The molecule has 66 heavy (non-hydrogen) atoms. The van der Waals surface area contributed by atoms with Crippen LogP contribution in [0.2, 0.25) is 0 Å². The van der Waals surface area contributed by atoms with Crippen LogP contribution >= 0.6 is 35.3 Å². The maximum Gasteiger partial charge on any atom is 0.196 e. The largest absolute Gasteiger partial charge is 0.289 e. The number of thioether (sulfide) groups is 2. The van der Waals surface area contributed by atoms with Crippen molar-refractivity contribution in [3.63, 3.8) is 0 Å². The van der Waals surface area contributed by atoms with Gasteiger partial charge in [-0.25, -0.2) is 0 Å². The molecular weight excluding hydrogens is 861 g/mol. The highest BCUT2D eigenvalue weighted by molar-refractivity contribution is 8.03. The van der Waals surface area contributed by atoms with Crippen molar-refractivity contribution in [3.8, 4) is 11.1 Å². The minimum absolute atomic E-state index is 0.0933. The standard InChI is InChI=1S/C61H58O2S3/c1-40-10-7-11-42(21-18-40)45-24-30-48(31-25-45)49-33-36-52(37-34-49)66-55-38-39-56(64-50-13-5-3-4-6-14-50)59-58(55)60(62)53-16-9-17-54(57(53)61(59)63)65-51-15-8-12-43(32-35-51)46-26-28-47(29-27-46)44-22-19-41(2)20-23-44/h3-6,8-9,12-13,15-17,24-44H,7,10-11,14,18-23H2,1-2H3. The predicted molar refractivity (Wildman–Crippen MR) is 279 cm³/mol. The van der Waals surface area contributed by atoms with E-state index >= 15 is 4.79 Å². The molecule has 5 aliphatic carbocycles. The highest BCUT2D eigenvalue weighted by Crippen LogP contribution is 2.47. The number of ketones is 2. The van der Waals surface area contributed by atoms with E-state index in [4.69, 9.17) is 0 Å². The quantitative estimate of drug-likeness (QED) is 0.128. The van der Waals surface area contributed by atoms with E-state index in [1.807, 2.05) is 42.5 Å². The lowest BCUT2D eigenvalue weighted by Crippen LogP contribution is -2.23. The molecular formula is C61H58O2S3. The van der Waals surface area contributed by atoms with Gasteiger partial charge in [-0.15, -0.1) is 0 Å². The van der Waals surface area contributed by atoms with Crippen molar-refractivity contribution in [2.75, 3.05) is 0 Å². The number of rotatable bonds is 10. The first-order valence-electron chi connectivity index (χ1n) is 24.2. The fraction of sp³-hybridized carbons (Fsp3) is 0.279. The molecule has 0 heterocycles. The summed E-state index contributed by atoms with van der Waals surface area (Å²) in [5.41, 5.74) is 8.55. The average Bonchev–Trinajstić information content (AvgIpc) is 3.85. The molecule has 332 valence electrons. The van der Waals surface area contributed by atoms with Gasteiger partial charge in [0.25, 0.3) is 0 Å². The smallest absolute Gasteiger partial charge is 0.196 e. The summed E-state index contributed by atoms with van der Waals surface area (Å²) < 4.78 is 0. The number of benzene rings is 5. The van der Waals surface area contributed by atoms with Crippen molar-refractivity contribution < 1.29 is 9.59 Å². The van der Waals surface area contributed by atoms with Crippen molar-refractivity contribution >= 4 is 46.9 Å². The van der Waals surface area contributed by atoms with E-state index in [2.05, 4.69) is 135 Å². The van der Waals surface area contributed by atoms with Gasteiger partial charge in [0.15, 0.2) is 11.6 Å². The minimum Gasteiger partial charge on any atom is -0.289 e. The molecule has 5 heteroatoms. The lowest BCUT2D eigenvalue weighted by Gasteiger charge is -2.26. The van der Waals surface area contributed by atoms with Gasteiger partial charge in [-0.3, -0.25) is 9.59 Å². The maximum atomic E-state index is 15.2. The zero-order chi connectivity index (χ0) is 45.0. The van der Waals surface area contributed by atoms with Crippen LogP contribution in [0.4, 0.5) is 0 Å². The Morgan fingerprint density at radius 2 is 1.11 bits per heavy atom. The van der Waals surface area contributed by atoms with Gasteiger partial charge in [0, 0.05) is 52.7 Å². The van der Waals surface area contributed by atoms with Crippen molar-refractivity contribution in [3.05, 3.63) is 213 Å². The molecule has 0 aromatic heterocycles. The third-order valence-electron chi connectivity index (χ3n) is 14.4. The predicted octanol–water partition coefficient (Wildman–Crippen LogP) is 17.6. The monoisotopic (exact) mass is 918 g/mol. The van der Waals surface area contributed by atoms with Gasteiger partial charge in [0.2, 0.25) is 0 Å². The summed E-state index contributed by atoms with van der Waals surface area (Å²) in [6, 6.07) is 37.0. The molecule has 2 fully saturated rings. The third kappa shape index (κ3) is 9.96. The summed E-state index contributed by atoms with van der Waals surface area (Å²) in [7, 11) is 0. The Morgan fingerprint density at radius 3 is 1.85 bits per heavy atom. The summed E-state index contributed by atoms with van der Waals surface area (Å²) in [5.74, 6) is 2.98. The topological polar surface area (TPSA) is 34.1 Å². The van der Waals surface area contributed by atoms with Crippen LogP contribution < -0.4 is 0 Å². The normalized spacial score (nSPS) is 22.7. The summed E-state index contributed by atoms with van der Waals surface area (Å²) in [6.45, 7) is 4.77. The Balaban J connectivity index is 0.901. The molecule has 0 spiro atoms. The van der Waals surface area contributed by atoms with Crippen LogP contribution in [0.3, 0.4) is 0 Å². The molecule has 5 aromatic rings. The van der Waals surface area contributed by atoms with Crippen molar-refractivity contribution in [1.29, 1.82) is 0 Å². The van der Waals surface area contributed by atoms with Gasteiger partial charge in [-0.05, 0) is 125 Å². The van der Waals surface area contributed by atoms with E-state index in [9.17, 15) is 4.79 Å². The van der Waals surface area contributed by atoms with Crippen LogP contribution in [0.25, 0.3) is 11.1 Å². The minimum atomic E-state index is -0.0991. The highest BCUT2D eigenvalue weighted by atomic mass is 32.2. The van der Waals surface area contributed by atoms with Crippen LogP contribution in [0, 0.1) is 11.8 Å². The fourth-order valence-electron chi connectivity index (χ4n) is 10.5. The number of hydrogen-bond acceptors (Lipinski definition) is 5. The Kier molecular flexibility index (Phi) is 13.9.